The lowest BCUT2D eigenvalue weighted by Gasteiger charge is -2.36. The highest BCUT2D eigenvalue weighted by atomic mass is 19.1. The Morgan fingerprint density at radius 2 is 1.73 bits per heavy atom. The molecule has 156 valence electrons. The van der Waals surface area contributed by atoms with Crippen LogP contribution in [0.4, 0.5) is 21.8 Å². The monoisotopic (exact) mass is 407 g/mol. The molecule has 2 aromatic carbocycles. The number of benzene rings is 2. The predicted octanol–water partition coefficient (Wildman–Crippen LogP) is 3.69. The van der Waals surface area contributed by atoms with Crippen LogP contribution in [-0.2, 0) is 4.74 Å². The number of anilines is 3. The highest BCUT2D eigenvalue weighted by molar-refractivity contribution is 5.90. The number of piperazine rings is 1. The predicted molar refractivity (Wildman–Crippen MR) is 118 cm³/mol. The van der Waals surface area contributed by atoms with Crippen LogP contribution in [-0.4, -0.2) is 55.4 Å². The second-order valence-electron chi connectivity index (χ2n) is 7.83. The summed E-state index contributed by atoms with van der Waals surface area (Å²) in [6, 6.07) is 15.0. The minimum absolute atomic E-state index is 0.173. The second-order valence-corrected chi connectivity index (χ2v) is 7.83. The summed E-state index contributed by atoms with van der Waals surface area (Å²) in [6.07, 6.45) is 2.45. The molecule has 0 amide bonds. The van der Waals surface area contributed by atoms with E-state index in [0.29, 0.717) is 5.69 Å². The van der Waals surface area contributed by atoms with Gasteiger partial charge < -0.3 is 19.9 Å². The Hall–Kier alpha value is -2.93. The van der Waals surface area contributed by atoms with Crippen molar-refractivity contribution in [2.45, 2.75) is 18.9 Å². The standard InChI is InChI=1S/C23H26FN5O/c24-19-8-2-4-10-21(19)28-11-13-29(14-12-28)23-26-20-9-3-1-7-18(20)22(27-23)25-16-17-6-5-15-30-17/h1-4,7-10,17H,5-6,11-16H2,(H,25,26,27). The molecule has 1 unspecified atom stereocenters. The minimum atomic E-state index is -0.173. The van der Waals surface area contributed by atoms with Crippen molar-refractivity contribution in [2.24, 2.45) is 0 Å². The van der Waals surface area contributed by atoms with Gasteiger partial charge in [-0.2, -0.15) is 4.98 Å². The molecule has 5 rings (SSSR count). The summed E-state index contributed by atoms with van der Waals surface area (Å²) in [4.78, 5) is 13.9. The zero-order chi connectivity index (χ0) is 20.3. The number of fused-ring (bicyclic) bond motifs is 1. The lowest BCUT2D eigenvalue weighted by Crippen LogP contribution is -2.47. The van der Waals surface area contributed by atoms with Crippen LogP contribution < -0.4 is 15.1 Å². The first-order valence-electron chi connectivity index (χ1n) is 10.6. The Kier molecular flexibility index (Phi) is 5.36. The summed E-state index contributed by atoms with van der Waals surface area (Å²) in [6.45, 7) is 4.55. The third-order valence-corrected chi connectivity index (χ3v) is 5.87. The van der Waals surface area contributed by atoms with Crippen LogP contribution in [0, 0.1) is 5.82 Å². The van der Waals surface area contributed by atoms with Gasteiger partial charge in [0, 0.05) is 44.7 Å². The van der Waals surface area contributed by atoms with Gasteiger partial charge in [-0.1, -0.05) is 24.3 Å². The van der Waals surface area contributed by atoms with Crippen molar-refractivity contribution < 1.29 is 9.13 Å². The second kappa shape index (κ2) is 8.44. The van der Waals surface area contributed by atoms with Crippen LogP contribution in [0.3, 0.4) is 0 Å². The molecule has 2 aliphatic rings. The SMILES string of the molecule is Fc1ccccc1N1CCN(c2nc(NCC3CCCO3)c3ccccc3n2)CC1. The van der Waals surface area contributed by atoms with Gasteiger partial charge in [0.15, 0.2) is 0 Å². The quantitative estimate of drug-likeness (QED) is 0.696. The Morgan fingerprint density at radius 3 is 2.53 bits per heavy atom. The van der Waals surface area contributed by atoms with Crippen molar-refractivity contribution in [2.75, 3.05) is 54.4 Å². The smallest absolute Gasteiger partial charge is 0.228 e. The molecule has 1 N–H and O–H groups in total. The van der Waals surface area contributed by atoms with Crippen LogP contribution in [0.5, 0.6) is 0 Å². The van der Waals surface area contributed by atoms with E-state index < -0.39 is 0 Å². The zero-order valence-corrected chi connectivity index (χ0v) is 16.9. The van der Waals surface area contributed by atoms with Gasteiger partial charge in [0.25, 0.3) is 0 Å². The molecule has 3 aromatic rings. The maximum absolute atomic E-state index is 14.1. The largest absolute Gasteiger partial charge is 0.376 e. The summed E-state index contributed by atoms with van der Waals surface area (Å²) >= 11 is 0. The van der Waals surface area contributed by atoms with Gasteiger partial charge in [0.1, 0.15) is 11.6 Å². The Morgan fingerprint density at radius 1 is 0.967 bits per heavy atom. The Bertz CT molecular complexity index is 1020. The third-order valence-electron chi connectivity index (χ3n) is 5.87. The number of para-hydroxylation sites is 2. The summed E-state index contributed by atoms with van der Waals surface area (Å²) < 4.78 is 19.9. The topological polar surface area (TPSA) is 53.5 Å². The number of rotatable bonds is 5. The summed E-state index contributed by atoms with van der Waals surface area (Å²) in [5.41, 5.74) is 1.59. The van der Waals surface area contributed by atoms with Crippen LogP contribution in [0.15, 0.2) is 48.5 Å². The van der Waals surface area contributed by atoms with E-state index in [0.717, 1.165) is 74.8 Å². The van der Waals surface area contributed by atoms with Crippen LogP contribution >= 0.6 is 0 Å². The maximum Gasteiger partial charge on any atom is 0.228 e. The molecule has 2 saturated heterocycles. The molecular weight excluding hydrogens is 381 g/mol. The summed E-state index contributed by atoms with van der Waals surface area (Å²) in [5, 5.41) is 4.51. The average Bonchev–Trinajstić information content (AvgIpc) is 3.31. The highest BCUT2D eigenvalue weighted by Crippen LogP contribution is 2.26. The molecule has 30 heavy (non-hydrogen) atoms. The van der Waals surface area contributed by atoms with Gasteiger partial charge >= 0.3 is 0 Å². The van der Waals surface area contributed by atoms with Crippen molar-refractivity contribution in [3.63, 3.8) is 0 Å². The molecular formula is C23H26FN5O. The number of hydrogen-bond donors (Lipinski definition) is 1. The molecule has 0 aliphatic carbocycles. The fourth-order valence-corrected chi connectivity index (χ4v) is 4.21. The van der Waals surface area contributed by atoms with Crippen LogP contribution in [0.25, 0.3) is 10.9 Å². The number of nitrogens with one attached hydrogen (secondary N) is 1. The van der Waals surface area contributed by atoms with Gasteiger partial charge in [-0.05, 0) is 37.1 Å². The van der Waals surface area contributed by atoms with E-state index in [9.17, 15) is 4.39 Å². The van der Waals surface area contributed by atoms with Gasteiger partial charge in [-0.3, -0.25) is 0 Å². The van der Waals surface area contributed by atoms with Crippen molar-refractivity contribution in [1.82, 2.24) is 9.97 Å². The molecule has 2 fully saturated rings. The van der Waals surface area contributed by atoms with Crippen LogP contribution in [0.1, 0.15) is 12.8 Å². The molecule has 6 nitrogen and oxygen atoms in total. The molecule has 2 aliphatic heterocycles. The zero-order valence-electron chi connectivity index (χ0n) is 16.9. The normalized spacial score (nSPS) is 19.4. The number of nitrogens with zero attached hydrogens (tertiary/aromatic N) is 4. The Labute approximate surface area is 175 Å². The van der Waals surface area contributed by atoms with Crippen LogP contribution in [0.2, 0.25) is 0 Å². The van der Waals surface area contributed by atoms with Crippen molar-refractivity contribution in [3.8, 4) is 0 Å². The molecule has 0 saturated carbocycles. The molecule has 3 heterocycles. The van der Waals surface area contributed by atoms with E-state index in [1.807, 2.05) is 36.4 Å². The fraction of sp³-hybridized carbons (Fsp3) is 0.391. The first-order chi connectivity index (χ1) is 14.8. The van der Waals surface area contributed by atoms with E-state index in [-0.39, 0.29) is 11.9 Å². The van der Waals surface area contributed by atoms with E-state index in [1.165, 1.54) is 6.07 Å². The highest BCUT2D eigenvalue weighted by Gasteiger charge is 2.22. The average molecular weight is 407 g/mol. The molecule has 0 spiro atoms. The van der Waals surface area contributed by atoms with E-state index >= 15 is 0 Å². The molecule has 0 bridgehead atoms. The van der Waals surface area contributed by atoms with E-state index in [1.54, 1.807) is 6.07 Å². The number of halogens is 1. The number of hydrogen-bond acceptors (Lipinski definition) is 6. The molecule has 1 atom stereocenters. The lowest BCUT2D eigenvalue weighted by molar-refractivity contribution is 0.120. The van der Waals surface area contributed by atoms with Crippen molar-refractivity contribution in [1.29, 1.82) is 0 Å². The first-order valence-corrected chi connectivity index (χ1v) is 10.6. The van der Waals surface area contributed by atoms with Gasteiger partial charge in [-0.25, -0.2) is 9.37 Å². The van der Waals surface area contributed by atoms with Crippen molar-refractivity contribution in [3.05, 3.63) is 54.3 Å². The number of aromatic nitrogens is 2. The van der Waals surface area contributed by atoms with E-state index in [2.05, 4.69) is 15.1 Å². The van der Waals surface area contributed by atoms with Gasteiger partial charge in [0.2, 0.25) is 5.95 Å². The molecule has 7 heteroatoms. The molecule has 1 aromatic heterocycles. The Balaban J connectivity index is 1.34. The van der Waals surface area contributed by atoms with Crippen molar-refractivity contribution >= 4 is 28.4 Å². The first kappa shape index (κ1) is 19.1. The van der Waals surface area contributed by atoms with Gasteiger partial charge in [-0.15, -0.1) is 0 Å². The minimum Gasteiger partial charge on any atom is -0.376 e. The molecule has 0 radical (unpaired) electrons. The van der Waals surface area contributed by atoms with Gasteiger partial charge in [0.05, 0.1) is 17.3 Å². The number of ether oxygens (including phenoxy) is 1. The third kappa shape index (κ3) is 3.89. The fourth-order valence-electron chi connectivity index (χ4n) is 4.21. The van der Waals surface area contributed by atoms with E-state index in [4.69, 9.17) is 14.7 Å². The maximum atomic E-state index is 14.1. The lowest BCUT2D eigenvalue weighted by atomic mass is 10.2. The summed E-state index contributed by atoms with van der Waals surface area (Å²) in [5.74, 6) is 1.40. The summed E-state index contributed by atoms with van der Waals surface area (Å²) in [7, 11) is 0.